The molecule has 3 nitrogen and oxygen atoms in total. The molecule has 1 N–H and O–H groups in total. The third-order valence-electron chi connectivity index (χ3n) is 2.47. The zero-order valence-corrected chi connectivity index (χ0v) is 11.4. The van der Waals surface area contributed by atoms with E-state index in [1.165, 1.54) is 0 Å². The van der Waals surface area contributed by atoms with Gasteiger partial charge in [-0.15, -0.1) is 0 Å². The van der Waals surface area contributed by atoms with E-state index in [0.29, 0.717) is 17.0 Å². The summed E-state index contributed by atoms with van der Waals surface area (Å²) in [7, 11) is 1.57. The number of methoxy groups -OCH3 is 1. The van der Waals surface area contributed by atoms with E-state index in [-0.39, 0.29) is 5.91 Å². The molecule has 0 bridgehead atoms. The highest BCUT2D eigenvalue weighted by molar-refractivity contribution is 9.10. The molecule has 0 radical (unpaired) electrons. The van der Waals surface area contributed by atoms with Gasteiger partial charge in [-0.2, -0.15) is 0 Å². The molecule has 0 aliphatic rings. The molecule has 0 aromatic heterocycles. The Morgan fingerprint density at radius 1 is 1.11 bits per heavy atom. The van der Waals surface area contributed by atoms with Gasteiger partial charge in [0.05, 0.1) is 18.4 Å². The highest BCUT2D eigenvalue weighted by atomic mass is 79.9. The molecule has 0 aliphatic heterocycles. The van der Waals surface area contributed by atoms with E-state index >= 15 is 0 Å². The SMILES string of the molecule is COc1ccccc1NC(=O)c1ccccc1Br. The van der Waals surface area contributed by atoms with Crippen LogP contribution in [0.25, 0.3) is 0 Å². The number of amides is 1. The van der Waals surface area contributed by atoms with Crippen molar-refractivity contribution in [2.24, 2.45) is 0 Å². The minimum absolute atomic E-state index is 0.174. The van der Waals surface area contributed by atoms with Crippen LogP contribution in [0.4, 0.5) is 5.69 Å². The molecular formula is C14H12BrNO2. The number of rotatable bonds is 3. The van der Waals surface area contributed by atoms with Crippen LogP contribution in [0, 0.1) is 0 Å². The Hall–Kier alpha value is -1.81. The second kappa shape index (κ2) is 5.69. The molecule has 0 saturated carbocycles. The highest BCUT2D eigenvalue weighted by Gasteiger charge is 2.11. The Kier molecular flexibility index (Phi) is 3.99. The van der Waals surface area contributed by atoms with E-state index in [4.69, 9.17) is 4.74 Å². The average molecular weight is 306 g/mol. The lowest BCUT2D eigenvalue weighted by Gasteiger charge is -2.10. The van der Waals surface area contributed by atoms with Crippen LogP contribution in [-0.4, -0.2) is 13.0 Å². The average Bonchev–Trinajstić information content (AvgIpc) is 2.39. The highest BCUT2D eigenvalue weighted by Crippen LogP contribution is 2.25. The number of carbonyl (C=O) groups is 1. The lowest BCUT2D eigenvalue weighted by molar-refractivity contribution is 0.102. The summed E-state index contributed by atoms with van der Waals surface area (Å²) in [4.78, 5) is 12.1. The zero-order chi connectivity index (χ0) is 13.0. The number of carbonyl (C=O) groups excluding carboxylic acids is 1. The first-order valence-electron chi connectivity index (χ1n) is 5.41. The molecule has 0 heterocycles. The molecular weight excluding hydrogens is 294 g/mol. The van der Waals surface area contributed by atoms with Crippen LogP contribution in [0.3, 0.4) is 0 Å². The van der Waals surface area contributed by atoms with Gasteiger partial charge in [0.25, 0.3) is 5.91 Å². The third-order valence-corrected chi connectivity index (χ3v) is 3.17. The molecule has 0 saturated heterocycles. The Morgan fingerprint density at radius 2 is 1.78 bits per heavy atom. The van der Waals surface area contributed by atoms with Gasteiger partial charge in [0.1, 0.15) is 5.75 Å². The molecule has 0 unspecified atom stereocenters. The summed E-state index contributed by atoms with van der Waals surface area (Å²) in [5, 5.41) is 2.82. The molecule has 18 heavy (non-hydrogen) atoms. The summed E-state index contributed by atoms with van der Waals surface area (Å²) in [6.07, 6.45) is 0. The van der Waals surface area contributed by atoms with Gasteiger partial charge >= 0.3 is 0 Å². The number of halogens is 1. The van der Waals surface area contributed by atoms with E-state index in [9.17, 15) is 4.79 Å². The lowest BCUT2D eigenvalue weighted by atomic mass is 10.2. The largest absolute Gasteiger partial charge is 0.495 e. The summed E-state index contributed by atoms with van der Waals surface area (Å²) in [6, 6.07) is 14.6. The number of anilines is 1. The van der Waals surface area contributed by atoms with E-state index in [2.05, 4.69) is 21.2 Å². The Morgan fingerprint density at radius 3 is 2.50 bits per heavy atom. The molecule has 2 aromatic rings. The fourth-order valence-corrected chi connectivity index (χ4v) is 2.05. The van der Waals surface area contributed by atoms with Gasteiger partial charge in [-0.05, 0) is 40.2 Å². The number of ether oxygens (including phenoxy) is 1. The zero-order valence-electron chi connectivity index (χ0n) is 9.81. The first kappa shape index (κ1) is 12.6. The van der Waals surface area contributed by atoms with Crippen molar-refractivity contribution in [1.29, 1.82) is 0 Å². The van der Waals surface area contributed by atoms with E-state index in [1.54, 1.807) is 25.3 Å². The smallest absolute Gasteiger partial charge is 0.256 e. The molecule has 1 amide bonds. The normalized spacial score (nSPS) is 9.89. The van der Waals surface area contributed by atoms with Crippen molar-refractivity contribution in [2.75, 3.05) is 12.4 Å². The van der Waals surface area contributed by atoms with E-state index < -0.39 is 0 Å². The van der Waals surface area contributed by atoms with Crippen molar-refractivity contribution < 1.29 is 9.53 Å². The van der Waals surface area contributed by atoms with E-state index in [0.717, 1.165) is 4.47 Å². The van der Waals surface area contributed by atoms with Crippen molar-refractivity contribution >= 4 is 27.5 Å². The molecule has 0 fully saturated rings. The van der Waals surface area contributed by atoms with Crippen molar-refractivity contribution in [3.8, 4) is 5.75 Å². The predicted molar refractivity (Wildman–Crippen MR) is 75.1 cm³/mol. The maximum atomic E-state index is 12.1. The lowest BCUT2D eigenvalue weighted by Crippen LogP contribution is -2.13. The summed E-state index contributed by atoms with van der Waals surface area (Å²) in [6.45, 7) is 0. The predicted octanol–water partition coefficient (Wildman–Crippen LogP) is 3.71. The van der Waals surface area contributed by atoms with Crippen LogP contribution in [0.2, 0.25) is 0 Å². The quantitative estimate of drug-likeness (QED) is 0.939. The van der Waals surface area contributed by atoms with Crippen molar-refractivity contribution in [2.45, 2.75) is 0 Å². The second-order valence-corrected chi connectivity index (χ2v) is 4.49. The summed E-state index contributed by atoms with van der Waals surface area (Å²) >= 11 is 3.35. The van der Waals surface area contributed by atoms with Crippen molar-refractivity contribution in [1.82, 2.24) is 0 Å². The van der Waals surface area contributed by atoms with Crippen LogP contribution >= 0.6 is 15.9 Å². The molecule has 92 valence electrons. The van der Waals surface area contributed by atoms with Gasteiger partial charge in [0.2, 0.25) is 0 Å². The van der Waals surface area contributed by atoms with Gasteiger partial charge in [0.15, 0.2) is 0 Å². The molecule has 4 heteroatoms. The van der Waals surface area contributed by atoms with E-state index in [1.807, 2.05) is 30.3 Å². The van der Waals surface area contributed by atoms with Gasteiger partial charge < -0.3 is 10.1 Å². The number of nitrogens with one attached hydrogen (secondary N) is 1. The van der Waals surface area contributed by atoms with Crippen LogP contribution in [0.5, 0.6) is 5.75 Å². The standard InChI is InChI=1S/C14H12BrNO2/c1-18-13-9-5-4-8-12(13)16-14(17)10-6-2-3-7-11(10)15/h2-9H,1H3,(H,16,17). The van der Waals surface area contributed by atoms with Crippen LogP contribution in [0.15, 0.2) is 53.0 Å². The van der Waals surface area contributed by atoms with Crippen molar-refractivity contribution in [3.05, 3.63) is 58.6 Å². The Balaban J connectivity index is 2.24. The molecule has 0 spiro atoms. The van der Waals surface area contributed by atoms with Crippen LogP contribution in [0.1, 0.15) is 10.4 Å². The minimum Gasteiger partial charge on any atom is -0.495 e. The van der Waals surface area contributed by atoms with Crippen molar-refractivity contribution in [3.63, 3.8) is 0 Å². The maximum Gasteiger partial charge on any atom is 0.256 e. The van der Waals surface area contributed by atoms with Gasteiger partial charge in [0, 0.05) is 4.47 Å². The summed E-state index contributed by atoms with van der Waals surface area (Å²) < 4.78 is 5.95. The van der Waals surface area contributed by atoms with Crippen LogP contribution < -0.4 is 10.1 Å². The molecule has 0 atom stereocenters. The maximum absolute atomic E-state index is 12.1. The summed E-state index contributed by atoms with van der Waals surface area (Å²) in [5.74, 6) is 0.463. The van der Waals surface area contributed by atoms with Gasteiger partial charge in [-0.1, -0.05) is 24.3 Å². The monoisotopic (exact) mass is 305 g/mol. The molecule has 2 aromatic carbocycles. The molecule has 2 rings (SSSR count). The Labute approximate surface area is 114 Å². The third kappa shape index (κ3) is 2.71. The second-order valence-electron chi connectivity index (χ2n) is 3.63. The topological polar surface area (TPSA) is 38.3 Å². The number of hydrogen-bond donors (Lipinski definition) is 1. The number of hydrogen-bond acceptors (Lipinski definition) is 2. The summed E-state index contributed by atoms with van der Waals surface area (Å²) in [5.41, 5.74) is 1.24. The number of benzene rings is 2. The first-order valence-corrected chi connectivity index (χ1v) is 6.20. The van der Waals surface area contributed by atoms with Gasteiger partial charge in [-0.25, -0.2) is 0 Å². The fraction of sp³-hybridized carbons (Fsp3) is 0.0714. The van der Waals surface area contributed by atoms with Crippen LogP contribution in [-0.2, 0) is 0 Å². The first-order chi connectivity index (χ1) is 8.72. The van der Waals surface area contributed by atoms with Gasteiger partial charge in [-0.3, -0.25) is 4.79 Å². The molecule has 0 aliphatic carbocycles. The number of para-hydroxylation sites is 2. The fourth-order valence-electron chi connectivity index (χ4n) is 1.58. The minimum atomic E-state index is -0.174. The Bertz CT molecular complexity index is 569.